The molecule has 7 heteroatoms. The van der Waals surface area contributed by atoms with Gasteiger partial charge in [-0.3, -0.25) is 4.79 Å². The van der Waals surface area contributed by atoms with Gasteiger partial charge in [0.15, 0.2) is 0 Å². The first-order chi connectivity index (χ1) is 12.1. The third kappa shape index (κ3) is 3.99. The van der Waals surface area contributed by atoms with Gasteiger partial charge in [0.1, 0.15) is 11.6 Å². The number of rotatable bonds is 5. The smallest absolute Gasteiger partial charge is 0.251 e. The van der Waals surface area contributed by atoms with Crippen LogP contribution in [0.3, 0.4) is 0 Å². The first-order valence-corrected chi connectivity index (χ1v) is 8.59. The SMILES string of the molecule is CCN1CCN(c2ccc(C(=O)NCc3nccn3C)cc2F)CC1. The summed E-state index contributed by atoms with van der Waals surface area (Å²) in [5.41, 5.74) is 0.888. The highest BCUT2D eigenvalue weighted by Gasteiger charge is 2.19. The van der Waals surface area contributed by atoms with Gasteiger partial charge in [0.05, 0.1) is 12.2 Å². The van der Waals surface area contributed by atoms with Gasteiger partial charge in [-0.25, -0.2) is 9.37 Å². The van der Waals surface area contributed by atoms with Crippen molar-refractivity contribution in [2.45, 2.75) is 13.5 Å². The molecule has 1 saturated heterocycles. The highest BCUT2D eigenvalue weighted by Crippen LogP contribution is 2.22. The monoisotopic (exact) mass is 345 g/mol. The highest BCUT2D eigenvalue weighted by atomic mass is 19.1. The van der Waals surface area contributed by atoms with Crippen molar-refractivity contribution < 1.29 is 9.18 Å². The molecule has 0 atom stereocenters. The summed E-state index contributed by atoms with van der Waals surface area (Å²) < 4.78 is 16.3. The first kappa shape index (κ1) is 17.4. The lowest BCUT2D eigenvalue weighted by Gasteiger charge is -2.35. The van der Waals surface area contributed by atoms with Crippen molar-refractivity contribution in [3.05, 3.63) is 47.8 Å². The maximum Gasteiger partial charge on any atom is 0.251 e. The summed E-state index contributed by atoms with van der Waals surface area (Å²) in [7, 11) is 1.86. The minimum atomic E-state index is -0.352. The number of imidazole rings is 1. The number of aryl methyl sites for hydroxylation is 1. The Bertz CT molecular complexity index is 737. The fourth-order valence-electron chi connectivity index (χ4n) is 3.04. The lowest BCUT2D eigenvalue weighted by atomic mass is 10.1. The summed E-state index contributed by atoms with van der Waals surface area (Å²) in [4.78, 5) is 20.8. The van der Waals surface area contributed by atoms with E-state index < -0.39 is 0 Å². The minimum Gasteiger partial charge on any atom is -0.367 e. The molecule has 2 heterocycles. The number of aromatic nitrogens is 2. The van der Waals surface area contributed by atoms with Crippen molar-refractivity contribution in [3.63, 3.8) is 0 Å². The lowest BCUT2D eigenvalue weighted by Crippen LogP contribution is -2.46. The first-order valence-electron chi connectivity index (χ1n) is 8.59. The molecule has 0 bridgehead atoms. The quantitative estimate of drug-likeness (QED) is 0.895. The molecule has 0 radical (unpaired) electrons. The maximum atomic E-state index is 14.5. The molecule has 1 aromatic carbocycles. The van der Waals surface area contributed by atoms with Gasteiger partial charge in [0, 0.05) is 51.2 Å². The van der Waals surface area contributed by atoms with Crippen molar-refractivity contribution in [2.75, 3.05) is 37.6 Å². The van der Waals surface area contributed by atoms with Crippen LogP contribution < -0.4 is 10.2 Å². The Hall–Kier alpha value is -2.41. The number of piperazine rings is 1. The van der Waals surface area contributed by atoms with E-state index in [2.05, 4.69) is 22.1 Å². The van der Waals surface area contributed by atoms with Gasteiger partial charge < -0.3 is 19.7 Å². The van der Waals surface area contributed by atoms with Crippen LogP contribution in [0.5, 0.6) is 0 Å². The number of carbonyl (C=O) groups is 1. The van der Waals surface area contributed by atoms with Gasteiger partial charge >= 0.3 is 0 Å². The molecule has 1 fully saturated rings. The Balaban J connectivity index is 1.63. The van der Waals surface area contributed by atoms with Gasteiger partial charge in [-0.15, -0.1) is 0 Å². The van der Waals surface area contributed by atoms with Crippen molar-refractivity contribution in [1.29, 1.82) is 0 Å². The molecule has 1 aliphatic heterocycles. The van der Waals surface area contributed by atoms with Gasteiger partial charge in [-0.1, -0.05) is 6.92 Å². The second kappa shape index (κ2) is 7.65. The number of nitrogens with zero attached hydrogens (tertiary/aromatic N) is 4. The number of nitrogens with one attached hydrogen (secondary N) is 1. The normalized spacial score (nSPS) is 15.4. The molecule has 25 heavy (non-hydrogen) atoms. The standard InChI is InChI=1S/C18H24FN5O/c1-3-23-8-10-24(11-9-23)16-5-4-14(12-15(16)19)18(25)21-13-17-20-6-7-22(17)2/h4-7,12H,3,8-11,13H2,1-2H3,(H,21,25). The predicted molar refractivity (Wildman–Crippen MR) is 95.1 cm³/mol. The summed E-state index contributed by atoms with van der Waals surface area (Å²) in [5, 5.41) is 2.77. The number of anilines is 1. The Morgan fingerprint density at radius 3 is 2.64 bits per heavy atom. The largest absolute Gasteiger partial charge is 0.367 e. The van der Waals surface area contributed by atoms with E-state index in [4.69, 9.17) is 0 Å². The second-order valence-corrected chi connectivity index (χ2v) is 6.22. The van der Waals surface area contributed by atoms with Crippen LogP contribution in [0.2, 0.25) is 0 Å². The molecule has 3 rings (SSSR count). The van der Waals surface area contributed by atoms with Crippen LogP contribution in [0.4, 0.5) is 10.1 Å². The number of amides is 1. The average Bonchev–Trinajstić information content (AvgIpc) is 3.04. The van der Waals surface area contributed by atoms with E-state index in [9.17, 15) is 9.18 Å². The van der Waals surface area contributed by atoms with E-state index in [-0.39, 0.29) is 11.7 Å². The van der Waals surface area contributed by atoms with E-state index >= 15 is 0 Å². The summed E-state index contributed by atoms with van der Waals surface area (Å²) in [5.74, 6) is 0.0954. The zero-order valence-corrected chi connectivity index (χ0v) is 14.7. The number of likely N-dealkylation sites (N-methyl/N-ethyl adjacent to an activating group) is 1. The topological polar surface area (TPSA) is 53.4 Å². The number of hydrogen-bond donors (Lipinski definition) is 1. The van der Waals surface area contributed by atoms with Crippen LogP contribution in [0.15, 0.2) is 30.6 Å². The van der Waals surface area contributed by atoms with E-state index in [0.29, 0.717) is 17.8 Å². The summed E-state index contributed by atoms with van der Waals surface area (Å²) in [6.45, 7) is 6.93. The molecule has 1 amide bonds. The maximum absolute atomic E-state index is 14.5. The average molecular weight is 345 g/mol. The van der Waals surface area contributed by atoms with Gasteiger partial charge in [-0.2, -0.15) is 0 Å². The fraction of sp³-hybridized carbons (Fsp3) is 0.444. The fourth-order valence-corrected chi connectivity index (χ4v) is 3.04. The molecule has 0 aliphatic carbocycles. The molecule has 2 aromatic rings. The summed E-state index contributed by atoms with van der Waals surface area (Å²) >= 11 is 0. The molecule has 0 unspecified atom stereocenters. The van der Waals surface area contributed by atoms with Crippen molar-refractivity contribution in [3.8, 4) is 0 Å². The van der Waals surface area contributed by atoms with Gasteiger partial charge in [0.25, 0.3) is 5.91 Å². The van der Waals surface area contributed by atoms with Crippen LogP contribution in [0.1, 0.15) is 23.1 Å². The molecular formula is C18H24FN5O. The van der Waals surface area contributed by atoms with Crippen LogP contribution in [-0.4, -0.2) is 53.1 Å². The van der Waals surface area contributed by atoms with Crippen LogP contribution in [0.25, 0.3) is 0 Å². The molecule has 1 N–H and O–H groups in total. The zero-order valence-electron chi connectivity index (χ0n) is 14.7. The minimum absolute atomic E-state index is 0.302. The van der Waals surface area contributed by atoms with Crippen molar-refractivity contribution in [1.82, 2.24) is 19.8 Å². The summed E-state index contributed by atoms with van der Waals surface area (Å²) in [6.07, 6.45) is 3.49. The number of benzene rings is 1. The third-order valence-corrected chi connectivity index (χ3v) is 4.70. The molecule has 0 saturated carbocycles. The van der Waals surface area contributed by atoms with Crippen LogP contribution in [-0.2, 0) is 13.6 Å². The Morgan fingerprint density at radius 2 is 2.04 bits per heavy atom. The van der Waals surface area contributed by atoms with Gasteiger partial charge in [0.2, 0.25) is 0 Å². The van der Waals surface area contributed by atoms with E-state index in [0.717, 1.165) is 38.5 Å². The van der Waals surface area contributed by atoms with Crippen molar-refractivity contribution in [2.24, 2.45) is 7.05 Å². The van der Waals surface area contributed by atoms with E-state index in [1.165, 1.54) is 6.07 Å². The number of hydrogen-bond acceptors (Lipinski definition) is 4. The Labute approximate surface area is 147 Å². The predicted octanol–water partition coefficient (Wildman–Crippen LogP) is 1.63. The van der Waals surface area contributed by atoms with Crippen LogP contribution >= 0.6 is 0 Å². The highest BCUT2D eigenvalue weighted by molar-refractivity contribution is 5.94. The van der Waals surface area contributed by atoms with Crippen molar-refractivity contribution >= 4 is 11.6 Å². The van der Waals surface area contributed by atoms with E-state index in [1.807, 2.05) is 22.7 Å². The number of halogens is 1. The second-order valence-electron chi connectivity index (χ2n) is 6.22. The number of carbonyl (C=O) groups excluding carboxylic acids is 1. The molecule has 1 aliphatic rings. The van der Waals surface area contributed by atoms with Crippen LogP contribution in [0, 0.1) is 5.82 Å². The molecule has 1 aromatic heterocycles. The van der Waals surface area contributed by atoms with Gasteiger partial charge in [-0.05, 0) is 24.7 Å². The molecule has 134 valence electrons. The molecular weight excluding hydrogens is 321 g/mol. The van der Waals surface area contributed by atoms with E-state index in [1.54, 1.807) is 18.3 Å². The lowest BCUT2D eigenvalue weighted by molar-refractivity contribution is 0.0949. The molecule has 6 nitrogen and oxygen atoms in total. The Morgan fingerprint density at radius 1 is 1.28 bits per heavy atom. The molecule has 0 spiro atoms. The zero-order chi connectivity index (χ0) is 17.8. The third-order valence-electron chi connectivity index (χ3n) is 4.70. The Kier molecular flexibility index (Phi) is 5.33. The summed E-state index contributed by atoms with van der Waals surface area (Å²) in [6, 6.07) is 4.69.